The minimum absolute atomic E-state index is 0.618. The molecule has 2 rings (SSSR count). The summed E-state index contributed by atoms with van der Waals surface area (Å²) in [5, 5.41) is 3.55. The fourth-order valence-electron chi connectivity index (χ4n) is 2.43. The number of likely N-dealkylation sites (N-methyl/N-ethyl adjacent to an activating group) is 1. The van der Waals surface area contributed by atoms with Gasteiger partial charge in [0.15, 0.2) is 0 Å². The van der Waals surface area contributed by atoms with Crippen molar-refractivity contribution in [3.05, 3.63) is 27.1 Å². The van der Waals surface area contributed by atoms with Gasteiger partial charge in [-0.05, 0) is 63.4 Å². The molecule has 1 unspecified atom stereocenters. The Morgan fingerprint density at radius 1 is 1.35 bits per heavy atom. The minimum Gasteiger partial charge on any atom is -0.368 e. The third kappa shape index (κ3) is 3.24. The predicted molar refractivity (Wildman–Crippen MR) is 80.8 cm³/mol. The van der Waals surface area contributed by atoms with Crippen molar-refractivity contribution in [2.24, 2.45) is 0 Å². The third-order valence-corrected chi connectivity index (χ3v) is 4.45. The summed E-state index contributed by atoms with van der Waals surface area (Å²) in [4.78, 5) is 2.46. The van der Waals surface area contributed by atoms with Gasteiger partial charge in [-0.3, -0.25) is 0 Å². The summed E-state index contributed by atoms with van der Waals surface area (Å²) < 4.78 is 2.34. The van der Waals surface area contributed by atoms with Crippen molar-refractivity contribution in [3.63, 3.8) is 0 Å². The Labute approximate surface area is 120 Å². The number of piperidine rings is 1. The molecule has 0 radical (unpaired) electrons. The zero-order valence-electron chi connectivity index (χ0n) is 10.0. The zero-order valence-corrected chi connectivity index (χ0v) is 13.2. The number of para-hydroxylation sites is 1. The molecule has 0 saturated carbocycles. The summed E-state index contributed by atoms with van der Waals surface area (Å²) >= 11 is 7.30. The average molecular weight is 362 g/mol. The van der Waals surface area contributed by atoms with Crippen LogP contribution in [0.5, 0.6) is 0 Å². The molecule has 0 aliphatic carbocycles. The van der Waals surface area contributed by atoms with Crippen LogP contribution in [0.3, 0.4) is 0 Å². The van der Waals surface area contributed by atoms with Gasteiger partial charge >= 0.3 is 0 Å². The van der Waals surface area contributed by atoms with Crippen LogP contribution < -0.4 is 10.2 Å². The molecule has 1 atom stereocenters. The first-order valence-corrected chi connectivity index (χ1v) is 7.73. The van der Waals surface area contributed by atoms with Gasteiger partial charge in [-0.25, -0.2) is 0 Å². The first-order chi connectivity index (χ1) is 8.22. The lowest BCUT2D eigenvalue weighted by atomic mass is 10.0. The summed E-state index contributed by atoms with van der Waals surface area (Å²) in [7, 11) is 0. The van der Waals surface area contributed by atoms with Gasteiger partial charge in [0.1, 0.15) is 0 Å². The van der Waals surface area contributed by atoms with Crippen LogP contribution >= 0.6 is 31.9 Å². The Morgan fingerprint density at radius 2 is 2.06 bits per heavy atom. The maximum Gasteiger partial charge on any atom is 0.0655 e. The molecule has 1 fully saturated rings. The predicted octanol–water partition coefficient (Wildman–Crippen LogP) is 3.79. The fraction of sp³-hybridized carbons (Fsp3) is 0.538. The van der Waals surface area contributed by atoms with Crippen molar-refractivity contribution < 1.29 is 0 Å². The highest BCUT2D eigenvalue weighted by Crippen LogP contribution is 2.35. The quantitative estimate of drug-likeness (QED) is 0.881. The van der Waals surface area contributed by atoms with E-state index in [2.05, 4.69) is 67.2 Å². The van der Waals surface area contributed by atoms with E-state index in [0.717, 1.165) is 19.6 Å². The Kier molecular flexibility index (Phi) is 4.88. The van der Waals surface area contributed by atoms with Crippen LogP contribution in [0.1, 0.15) is 19.8 Å². The zero-order chi connectivity index (χ0) is 12.3. The van der Waals surface area contributed by atoms with E-state index >= 15 is 0 Å². The monoisotopic (exact) mass is 360 g/mol. The van der Waals surface area contributed by atoms with Crippen LogP contribution in [0.25, 0.3) is 0 Å². The lowest BCUT2D eigenvalue weighted by molar-refractivity contribution is 0.431. The lowest BCUT2D eigenvalue weighted by Crippen LogP contribution is -2.45. The number of anilines is 1. The second-order valence-corrected chi connectivity index (χ2v) is 6.12. The van der Waals surface area contributed by atoms with Crippen molar-refractivity contribution in [2.75, 3.05) is 24.5 Å². The van der Waals surface area contributed by atoms with Crippen LogP contribution in [0.2, 0.25) is 0 Å². The van der Waals surface area contributed by atoms with Gasteiger partial charge in [-0.2, -0.15) is 0 Å². The molecule has 4 heteroatoms. The highest BCUT2D eigenvalue weighted by Gasteiger charge is 2.22. The second-order valence-electron chi connectivity index (χ2n) is 4.41. The Bertz CT molecular complexity index is 359. The molecule has 2 nitrogen and oxygen atoms in total. The van der Waals surface area contributed by atoms with Gasteiger partial charge in [0.25, 0.3) is 0 Å². The Balaban J connectivity index is 2.16. The Hall–Kier alpha value is -0.0600. The topological polar surface area (TPSA) is 15.3 Å². The molecule has 1 aromatic carbocycles. The van der Waals surface area contributed by atoms with Gasteiger partial charge in [0.2, 0.25) is 0 Å². The molecule has 0 bridgehead atoms. The molecule has 1 aliphatic rings. The van der Waals surface area contributed by atoms with E-state index in [1.54, 1.807) is 0 Å². The molecule has 1 N–H and O–H groups in total. The number of benzene rings is 1. The standard InChI is InChI=1S/C13H18Br2N2/c1-2-16-10-5-4-8-17(9-10)13-11(14)6-3-7-12(13)15/h3,6-7,10,16H,2,4-5,8-9H2,1H3. The summed E-state index contributed by atoms with van der Waals surface area (Å²) in [5.41, 5.74) is 1.29. The largest absolute Gasteiger partial charge is 0.368 e. The summed E-state index contributed by atoms with van der Waals surface area (Å²) in [6.45, 7) is 5.46. The fourth-order valence-corrected chi connectivity index (χ4v) is 3.93. The molecule has 1 saturated heterocycles. The van der Waals surface area contributed by atoms with Crippen molar-refractivity contribution in [1.29, 1.82) is 0 Å². The molecule has 1 aromatic rings. The van der Waals surface area contributed by atoms with Crippen LogP contribution in [0.15, 0.2) is 27.1 Å². The molecule has 94 valence electrons. The van der Waals surface area contributed by atoms with Gasteiger partial charge in [0.05, 0.1) is 5.69 Å². The van der Waals surface area contributed by atoms with Crippen LogP contribution in [-0.2, 0) is 0 Å². The van der Waals surface area contributed by atoms with Crippen LogP contribution in [-0.4, -0.2) is 25.7 Å². The molecule has 0 spiro atoms. The number of hydrogen-bond acceptors (Lipinski definition) is 2. The van der Waals surface area contributed by atoms with E-state index in [1.807, 2.05) is 0 Å². The highest BCUT2D eigenvalue weighted by atomic mass is 79.9. The van der Waals surface area contributed by atoms with Crippen molar-refractivity contribution in [1.82, 2.24) is 5.32 Å². The van der Waals surface area contributed by atoms with Gasteiger partial charge in [-0.1, -0.05) is 13.0 Å². The van der Waals surface area contributed by atoms with E-state index in [-0.39, 0.29) is 0 Å². The molecule has 1 aliphatic heterocycles. The second kappa shape index (κ2) is 6.21. The maximum atomic E-state index is 3.65. The van der Waals surface area contributed by atoms with Crippen molar-refractivity contribution in [3.8, 4) is 0 Å². The first-order valence-electron chi connectivity index (χ1n) is 6.14. The normalized spacial score (nSPS) is 20.6. The average Bonchev–Trinajstić information content (AvgIpc) is 2.30. The van der Waals surface area contributed by atoms with Gasteiger partial charge in [0, 0.05) is 28.1 Å². The summed E-state index contributed by atoms with van der Waals surface area (Å²) in [6.07, 6.45) is 2.54. The molecule has 0 aromatic heterocycles. The van der Waals surface area contributed by atoms with E-state index in [4.69, 9.17) is 0 Å². The SMILES string of the molecule is CCNC1CCCN(c2c(Br)cccc2Br)C1. The molecular weight excluding hydrogens is 344 g/mol. The highest BCUT2D eigenvalue weighted by molar-refractivity contribution is 9.11. The van der Waals surface area contributed by atoms with Crippen molar-refractivity contribution in [2.45, 2.75) is 25.8 Å². The van der Waals surface area contributed by atoms with E-state index < -0.39 is 0 Å². The van der Waals surface area contributed by atoms with E-state index in [1.165, 1.54) is 27.5 Å². The molecule has 1 heterocycles. The van der Waals surface area contributed by atoms with E-state index in [0.29, 0.717) is 6.04 Å². The minimum atomic E-state index is 0.618. The number of nitrogens with one attached hydrogen (secondary N) is 1. The molecular formula is C13H18Br2N2. The third-order valence-electron chi connectivity index (χ3n) is 3.17. The first kappa shape index (κ1) is 13.4. The summed E-state index contributed by atoms with van der Waals surface area (Å²) in [5.74, 6) is 0. The smallest absolute Gasteiger partial charge is 0.0655 e. The molecule has 17 heavy (non-hydrogen) atoms. The van der Waals surface area contributed by atoms with Crippen molar-refractivity contribution >= 4 is 37.5 Å². The lowest BCUT2D eigenvalue weighted by Gasteiger charge is -2.35. The van der Waals surface area contributed by atoms with Crippen LogP contribution in [0, 0.1) is 0 Å². The van der Waals surface area contributed by atoms with Gasteiger partial charge in [-0.15, -0.1) is 0 Å². The van der Waals surface area contributed by atoms with E-state index in [9.17, 15) is 0 Å². The number of halogens is 2. The summed E-state index contributed by atoms with van der Waals surface area (Å²) in [6, 6.07) is 6.89. The molecule has 0 amide bonds. The number of nitrogens with zero attached hydrogens (tertiary/aromatic N) is 1. The number of hydrogen-bond donors (Lipinski definition) is 1. The Morgan fingerprint density at radius 3 is 2.71 bits per heavy atom. The van der Waals surface area contributed by atoms with Gasteiger partial charge < -0.3 is 10.2 Å². The van der Waals surface area contributed by atoms with Crippen LogP contribution in [0.4, 0.5) is 5.69 Å². The number of rotatable bonds is 3. The maximum absolute atomic E-state index is 3.65.